The zero-order valence-corrected chi connectivity index (χ0v) is 12.0. The van der Waals surface area contributed by atoms with Crippen LogP contribution in [0.15, 0.2) is 30.3 Å². The molecule has 0 aliphatic heterocycles. The number of unbranched alkanes of at least 4 members (excludes halogenated alkanes) is 1. The number of hydrogen-bond acceptors (Lipinski definition) is 2. The van der Waals surface area contributed by atoms with E-state index in [0.29, 0.717) is 5.92 Å². The Labute approximate surface area is 116 Å². The number of amides is 1. The van der Waals surface area contributed by atoms with Gasteiger partial charge >= 0.3 is 0 Å². The van der Waals surface area contributed by atoms with E-state index < -0.39 is 0 Å². The maximum Gasteiger partial charge on any atom is 0.257 e. The van der Waals surface area contributed by atoms with E-state index in [0.717, 1.165) is 18.7 Å². The fourth-order valence-corrected chi connectivity index (χ4v) is 1.92. The van der Waals surface area contributed by atoms with Crippen molar-refractivity contribution in [2.45, 2.75) is 39.5 Å². The quantitative estimate of drug-likeness (QED) is 0.741. The summed E-state index contributed by atoms with van der Waals surface area (Å²) in [5.41, 5.74) is 0. The molecule has 0 saturated heterocycles. The average Bonchev–Trinajstić information content (AvgIpc) is 2.46. The van der Waals surface area contributed by atoms with Crippen LogP contribution < -0.4 is 10.1 Å². The van der Waals surface area contributed by atoms with Gasteiger partial charge in [-0.15, -0.1) is 0 Å². The molecular formula is C16H25NO2. The van der Waals surface area contributed by atoms with Crippen LogP contribution in [0.3, 0.4) is 0 Å². The Morgan fingerprint density at radius 3 is 2.63 bits per heavy atom. The summed E-state index contributed by atoms with van der Waals surface area (Å²) in [7, 11) is 0. The molecule has 0 saturated carbocycles. The Morgan fingerprint density at radius 2 is 2.00 bits per heavy atom. The van der Waals surface area contributed by atoms with Crippen LogP contribution in [0.2, 0.25) is 0 Å². The second-order valence-electron chi connectivity index (χ2n) is 4.82. The number of carbonyl (C=O) groups excluding carboxylic acids is 1. The lowest BCUT2D eigenvalue weighted by atomic mass is 9.99. The highest BCUT2D eigenvalue weighted by atomic mass is 16.5. The van der Waals surface area contributed by atoms with Gasteiger partial charge in [0.05, 0.1) is 0 Å². The lowest BCUT2D eigenvalue weighted by Gasteiger charge is -2.15. The van der Waals surface area contributed by atoms with Gasteiger partial charge in [-0.2, -0.15) is 0 Å². The average molecular weight is 263 g/mol. The molecule has 106 valence electrons. The van der Waals surface area contributed by atoms with E-state index in [1.54, 1.807) is 0 Å². The highest BCUT2D eigenvalue weighted by molar-refractivity contribution is 5.77. The van der Waals surface area contributed by atoms with Gasteiger partial charge in [0.15, 0.2) is 6.61 Å². The molecule has 0 unspecified atom stereocenters. The van der Waals surface area contributed by atoms with E-state index in [1.165, 1.54) is 19.3 Å². The zero-order valence-electron chi connectivity index (χ0n) is 12.0. The van der Waals surface area contributed by atoms with Crippen molar-refractivity contribution in [2.24, 2.45) is 5.92 Å². The summed E-state index contributed by atoms with van der Waals surface area (Å²) in [6, 6.07) is 9.41. The molecule has 0 fully saturated rings. The van der Waals surface area contributed by atoms with E-state index in [9.17, 15) is 4.79 Å². The van der Waals surface area contributed by atoms with E-state index in [4.69, 9.17) is 4.74 Å². The Balaban J connectivity index is 2.20. The third kappa shape index (κ3) is 6.85. The van der Waals surface area contributed by atoms with Gasteiger partial charge in [0.1, 0.15) is 5.75 Å². The van der Waals surface area contributed by atoms with Gasteiger partial charge in [0.2, 0.25) is 0 Å². The molecule has 0 heterocycles. The van der Waals surface area contributed by atoms with Crippen molar-refractivity contribution in [3.63, 3.8) is 0 Å². The van der Waals surface area contributed by atoms with Gasteiger partial charge in [-0.25, -0.2) is 0 Å². The summed E-state index contributed by atoms with van der Waals surface area (Å²) in [5, 5.41) is 2.95. The normalized spacial score (nSPS) is 11.9. The summed E-state index contributed by atoms with van der Waals surface area (Å²) in [4.78, 5) is 11.7. The SMILES string of the molecule is CCCC[C@H](CC)CNC(=O)COc1ccccc1. The van der Waals surface area contributed by atoms with Gasteiger partial charge in [-0.05, 0) is 24.5 Å². The predicted octanol–water partition coefficient (Wildman–Crippen LogP) is 3.40. The summed E-state index contributed by atoms with van der Waals surface area (Å²) >= 11 is 0. The van der Waals surface area contributed by atoms with Gasteiger partial charge in [0.25, 0.3) is 5.91 Å². The lowest BCUT2D eigenvalue weighted by molar-refractivity contribution is -0.123. The van der Waals surface area contributed by atoms with Crippen molar-refractivity contribution in [2.75, 3.05) is 13.2 Å². The van der Waals surface area contributed by atoms with E-state index in [2.05, 4.69) is 19.2 Å². The molecule has 1 aromatic rings. The number of nitrogens with one attached hydrogen (secondary N) is 1. The van der Waals surface area contributed by atoms with Gasteiger partial charge < -0.3 is 10.1 Å². The molecule has 1 atom stereocenters. The Kier molecular flexibility index (Phi) is 7.71. The highest BCUT2D eigenvalue weighted by Gasteiger charge is 2.08. The Bertz CT molecular complexity index is 351. The molecule has 1 amide bonds. The van der Waals surface area contributed by atoms with Crippen molar-refractivity contribution in [3.8, 4) is 5.75 Å². The standard InChI is InChI=1S/C16H25NO2/c1-3-5-9-14(4-2)12-17-16(18)13-19-15-10-7-6-8-11-15/h6-8,10-11,14H,3-5,9,12-13H2,1-2H3,(H,17,18)/t14-/m0/s1. The lowest BCUT2D eigenvalue weighted by Crippen LogP contribution is -2.33. The van der Waals surface area contributed by atoms with Crippen LogP contribution in [0.5, 0.6) is 5.75 Å². The molecule has 0 aliphatic carbocycles. The number of hydrogen-bond donors (Lipinski definition) is 1. The third-order valence-electron chi connectivity index (χ3n) is 3.24. The molecule has 3 nitrogen and oxygen atoms in total. The summed E-state index contributed by atoms with van der Waals surface area (Å²) in [5.74, 6) is 1.27. The van der Waals surface area contributed by atoms with Crippen LogP contribution in [-0.2, 0) is 4.79 Å². The van der Waals surface area contributed by atoms with Crippen LogP contribution in [0.25, 0.3) is 0 Å². The monoisotopic (exact) mass is 263 g/mol. The molecule has 1 rings (SSSR count). The Morgan fingerprint density at radius 1 is 1.26 bits per heavy atom. The maximum atomic E-state index is 11.7. The van der Waals surface area contributed by atoms with E-state index >= 15 is 0 Å². The highest BCUT2D eigenvalue weighted by Crippen LogP contribution is 2.11. The van der Waals surface area contributed by atoms with Crippen molar-refractivity contribution < 1.29 is 9.53 Å². The fourth-order valence-electron chi connectivity index (χ4n) is 1.92. The first kappa shape index (κ1) is 15.5. The second kappa shape index (κ2) is 9.42. The molecule has 0 aliphatic rings. The molecule has 3 heteroatoms. The first-order valence-electron chi connectivity index (χ1n) is 7.20. The number of benzene rings is 1. The smallest absolute Gasteiger partial charge is 0.257 e. The topological polar surface area (TPSA) is 38.3 Å². The van der Waals surface area contributed by atoms with Crippen LogP contribution in [0.4, 0.5) is 0 Å². The molecule has 0 aromatic heterocycles. The number of rotatable bonds is 9. The summed E-state index contributed by atoms with van der Waals surface area (Å²) in [6.07, 6.45) is 4.74. The molecule has 1 aromatic carbocycles. The summed E-state index contributed by atoms with van der Waals surface area (Å²) < 4.78 is 5.40. The maximum absolute atomic E-state index is 11.7. The van der Waals surface area contributed by atoms with Gasteiger partial charge in [-0.1, -0.05) is 51.3 Å². The largest absolute Gasteiger partial charge is 0.484 e. The zero-order chi connectivity index (χ0) is 13.9. The second-order valence-corrected chi connectivity index (χ2v) is 4.82. The van der Waals surface area contributed by atoms with Crippen molar-refractivity contribution >= 4 is 5.91 Å². The number of carbonyl (C=O) groups is 1. The van der Waals surface area contributed by atoms with Crippen molar-refractivity contribution in [3.05, 3.63) is 30.3 Å². The van der Waals surface area contributed by atoms with Crippen LogP contribution in [0.1, 0.15) is 39.5 Å². The molecule has 0 bridgehead atoms. The molecular weight excluding hydrogens is 238 g/mol. The van der Waals surface area contributed by atoms with Crippen molar-refractivity contribution in [1.29, 1.82) is 0 Å². The minimum atomic E-state index is -0.0428. The predicted molar refractivity (Wildman–Crippen MR) is 78.3 cm³/mol. The number of para-hydroxylation sites is 1. The molecule has 0 radical (unpaired) electrons. The number of ether oxygens (including phenoxy) is 1. The van der Waals surface area contributed by atoms with E-state index in [1.807, 2.05) is 30.3 Å². The molecule has 0 spiro atoms. The minimum Gasteiger partial charge on any atom is -0.484 e. The first-order valence-corrected chi connectivity index (χ1v) is 7.20. The fraction of sp³-hybridized carbons (Fsp3) is 0.562. The molecule has 1 N–H and O–H groups in total. The summed E-state index contributed by atoms with van der Waals surface area (Å²) in [6.45, 7) is 5.22. The van der Waals surface area contributed by atoms with Gasteiger partial charge in [-0.3, -0.25) is 4.79 Å². The van der Waals surface area contributed by atoms with Crippen molar-refractivity contribution in [1.82, 2.24) is 5.32 Å². The third-order valence-corrected chi connectivity index (χ3v) is 3.24. The minimum absolute atomic E-state index is 0.0428. The first-order chi connectivity index (χ1) is 9.26. The van der Waals surface area contributed by atoms with Gasteiger partial charge in [0, 0.05) is 6.54 Å². The Hall–Kier alpha value is -1.51. The van der Waals surface area contributed by atoms with Crippen LogP contribution >= 0.6 is 0 Å². The van der Waals surface area contributed by atoms with Crippen LogP contribution in [0, 0.1) is 5.92 Å². The van der Waals surface area contributed by atoms with Crippen LogP contribution in [-0.4, -0.2) is 19.1 Å². The van der Waals surface area contributed by atoms with E-state index in [-0.39, 0.29) is 12.5 Å². The molecule has 19 heavy (non-hydrogen) atoms.